The van der Waals surface area contributed by atoms with Crippen LogP contribution in [0.4, 0.5) is 0 Å². The van der Waals surface area contributed by atoms with E-state index in [0.717, 1.165) is 0 Å². The van der Waals surface area contributed by atoms with E-state index in [1.54, 1.807) is 36.5 Å². The molecule has 1 aliphatic rings. The Kier molecular flexibility index (Phi) is 4.72. The number of rotatable bonds is 5. The molecule has 110 valence electrons. The lowest BCUT2D eigenvalue weighted by Crippen LogP contribution is -2.43. The predicted octanol–water partition coefficient (Wildman–Crippen LogP) is 0.357. The van der Waals surface area contributed by atoms with Gasteiger partial charge in [0.15, 0.2) is 9.84 Å². The van der Waals surface area contributed by atoms with E-state index in [9.17, 15) is 13.2 Å². The van der Waals surface area contributed by atoms with E-state index < -0.39 is 9.84 Å². The van der Waals surface area contributed by atoms with E-state index in [1.165, 1.54) is 0 Å². The second-order valence-corrected chi connectivity index (χ2v) is 7.01. The van der Waals surface area contributed by atoms with Crippen molar-refractivity contribution in [1.29, 1.82) is 0 Å². The topological polar surface area (TPSA) is 76.6 Å². The Bertz CT molecular complexity index is 559. The summed E-state index contributed by atoms with van der Waals surface area (Å²) in [4.78, 5) is 18.0. The zero-order valence-electron chi connectivity index (χ0n) is 11.4. The highest BCUT2D eigenvalue weighted by Gasteiger charge is 2.34. The lowest BCUT2D eigenvalue weighted by atomic mass is 10.1. The number of methoxy groups -OCH3 is 1. The summed E-state index contributed by atoms with van der Waals surface area (Å²) in [6, 6.07) is 2.99. The van der Waals surface area contributed by atoms with E-state index >= 15 is 0 Å². The van der Waals surface area contributed by atoms with Gasteiger partial charge in [0.1, 0.15) is 0 Å². The Labute approximate surface area is 118 Å². The van der Waals surface area contributed by atoms with Gasteiger partial charge in [-0.2, -0.15) is 0 Å². The van der Waals surface area contributed by atoms with Crippen molar-refractivity contribution in [2.45, 2.75) is 12.5 Å². The maximum atomic E-state index is 12.5. The maximum Gasteiger partial charge on any atom is 0.254 e. The monoisotopic (exact) mass is 298 g/mol. The lowest BCUT2D eigenvalue weighted by molar-refractivity contribution is 0.0624. The zero-order chi connectivity index (χ0) is 14.6. The Morgan fingerprint density at radius 1 is 1.45 bits per heavy atom. The smallest absolute Gasteiger partial charge is 0.254 e. The van der Waals surface area contributed by atoms with Gasteiger partial charge in [-0.05, 0) is 18.6 Å². The number of carbonyl (C=O) groups is 1. The van der Waals surface area contributed by atoms with Gasteiger partial charge in [-0.3, -0.25) is 9.78 Å². The minimum absolute atomic E-state index is 0.0353. The number of pyridine rings is 1. The van der Waals surface area contributed by atoms with Crippen LogP contribution in [0.1, 0.15) is 16.8 Å². The fourth-order valence-corrected chi connectivity index (χ4v) is 4.05. The van der Waals surface area contributed by atoms with Gasteiger partial charge in [-0.1, -0.05) is 0 Å². The van der Waals surface area contributed by atoms with Crippen LogP contribution in [0.5, 0.6) is 0 Å². The molecule has 1 saturated heterocycles. The van der Waals surface area contributed by atoms with Crippen molar-refractivity contribution in [1.82, 2.24) is 9.88 Å². The van der Waals surface area contributed by atoms with Crippen LogP contribution in [0.2, 0.25) is 0 Å². The fraction of sp³-hybridized carbons (Fsp3) is 0.538. The summed E-state index contributed by atoms with van der Waals surface area (Å²) >= 11 is 0. The molecule has 6 nitrogen and oxygen atoms in total. The molecule has 1 atom stereocenters. The Balaban J connectivity index is 2.17. The first-order valence-electron chi connectivity index (χ1n) is 6.44. The highest BCUT2D eigenvalue weighted by atomic mass is 32.2. The Morgan fingerprint density at radius 3 is 2.70 bits per heavy atom. The average molecular weight is 298 g/mol. The quantitative estimate of drug-likeness (QED) is 0.784. The number of amides is 1. The van der Waals surface area contributed by atoms with Crippen molar-refractivity contribution in [2.75, 3.05) is 31.8 Å². The molecule has 1 fully saturated rings. The van der Waals surface area contributed by atoms with Crippen LogP contribution >= 0.6 is 0 Å². The van der Waals surface area contributed by atoms with E-state index in [4.69, 9.17) is 4.74 Å². The molecule has 0 N–H and O–H groups in total. The van der Waals surface area contributed by atoms with Crippen LogP contribution in [0, 0.1) is 0 Å². The fourth-order valence-electron chi connectivity index (χ4n) is 2.32. The molecule has 2 rings (SSSR count). The number of hydrogen-bond acceptors (Lipinski definition) is 5. The molecule has 0 saturated carbocycles. The van der Waals surface area contributed by atoms with Crippen molar-refractivity contribution < 1.29 is 17.9 Å². The molecule has 0 aliphatic carbocycles. The summed E-state index contributed by atoms with van der Waals surface area (Å²) in [5, 5.41) is 0. The summed E-state index contributed by atoms with van der Waals surface area (Å²) in [7, 11) is -1.47. The summed E-state index contributed by atoms with van der Waals surface area (Å²) in [5.41, 5.74) is 0.514. The summed E-state index contributed by atoms with van der Waals surface area (Å²) in [6.45, 7) is 0.769. The van der Waals surface area contributed by atoms with Crippen LogP contribution in [0.25, 0.3) is 0 Å². The maximum absolute atomic E-state index is 12.5. The molecular formula is C13H18N2O4S. The SMILES string of the molecule is COCCN(C(=O)c1ccncc1)C1CCS(=O)(=O)C1. The normalized spacial score (nSPS) is 20.8. The van der Waals surface area contributed by atoms with Crippen molar-refractivity contribution in [3.8, 4) is 0 Å². The van der Waals surface area contributed by atoms with E-state index in [0.29, 0.717) is 25.1 Å². The first-order valence-corrected chi connectivity index (χ1v) is 8.26. The molecule has 1 amide bonds. The second-order valence-electron chi connectivity index (χ2n) is 4.78. The lowest BCUT2D eigenvalue weighted by Gasteiger charge is -2.28. The van der Waals surface area contributed by atoms with Crippen molar-refractivity contribution in [2.24, 2.45) is 0 Å². The molecular weight excluding hydrogens is 280 g/mol. The molecule has 20 heavy (non-hydrogen) atoms. The third-order valence-electron chi connectivity index (χ3n) is 3.37. The standard InChI is InChI=1S/C13H18N2O4S/c1-19-8-7-15(12-4-9-20(17,18)10-12)13(16)11-2-5-14-6-3-11/h2-3,5-6,12H,4,7-10H2,1H3. The number of aromatic nitrogens is 1. The van der Waals surface area contributed by atoms with Gasteiger partial charge in [-0.25, -0.2) is 8.42 Å². The van der Waals surface area contributed by atoms with Gasteiger partial charge in [0.2, 0.25) is 0 Å². The highest BCUT2D eigenvalue weighted by molar-refractivity contribution is 7.91. The first-order chi connectivity index (χ1) is 9.53. The molecule has 0 radical (unpaired) electrons. The third kappa shape index (κ3) is 3.55. The Hall–Kier alpha value is -1.47. The van der Waals surface area contributed by atoms with E-state index in [1.807, 2.05) is 0 Å². The van der Waals surface area contributed by atoms with Crippen LogP contribution in [0.3, 0.4) is 0 Å². The number of carbonyl (C=O) groups excluding carboxylic acids is 1. The molecule has 1 unspecified atom stereocenters. The van der Waals surface area contributed by atoms with Crippen LogP contribution in [-0.2, 0) is 14.6 Å². The van der Waals surface area contributed by atoms with Crippen LogP contribution in [-0.4, -0.2) is 62.0 Å². The predicted molar refractivity (Wildman–Crippen MR) is 74.2 cm³/mol. The van der Waals surface area contributed by atoms with Crippen molar-refractivity contribution >= 4 is 15.7 Å². The van der Waals surface area contributed by atoms with Crippen LogP contribution in [0.15, 0.2) is 24.5 Å². The molecule has 0 spiro atoms. The van der Waals surface area contributed by atoms with Crippen molar-refractivity contribution in [3.63, 3.8) is 0 Å². The van der Waals surface area contributed by atoms with Crippen LogP contribution < -0.4 is 0 Å². The summed E-state index contributed by atoms with van der Waals surface area (Å²) in [5.74, 6) is 0.00439. The molecule has 7 heteroatoms. The summed E-state index contributed by atoms with van der Waals surface area (Å²) in [6.07, 6.45) is 3.59. The number of nitrogens with zero attached hydrogens (tertiary/aromatic N) is 2. The molecule has 2 heterocycles. The summed E-state index contributed by atoms with van der Waals surface area (Å²) < 4.78 is 28.2. The van der Waals surface area contributed by atoms with Crippen molar-refractivity contribution in [3.05, 3.63) is 30.1 Å². The number of ether oxygens (including phenoxy) is 1. The average Bonchev–Trinajstić information content (AvgIpc) is 2.80. The highest BCUT2D eigenvalue weighted by Crippen LogP contribution is 2.19. The molecule has 0 aromatic carbocycles. The minimum atomic E-state index is -3.03. The number of sulfone groups is 1. The van der Waals surface area contributed by atoms with E-state index in [2.05, 4.69) is 4.98 Å². The number of hydrogen-bond donors (Lipinski definition) is 0. The largest absolute Gasteiger partial charge is 0.383 e. The first kappa shape index (κ1) is 14.9. The van der Waals surface area contributed by atoms with Gasteiger partial charge in [0, 0.05) is 37.7 Å². The minimum Gasteiger partial charge on any atom is -0.383 e. The second kappa shape index (κ2) is 6.32. The van der Waals surface area contributed by atoms with Gasteiger partial charge in [0.05, 0.1) is 18.1 Å². The van der Waals surface area contributed by atoms with Gasteiger partial charge in [-0.15, -0.1) is 0 Å². The van der Waals surface area contributed by atoms with E-state index in [-0.39, 0.29) is 23.5 Å². The van der Waals surface area contributed by atoms with Gasteiger partial charge in [0.25, 0.3) is 5.91 Å². The molecule has 0 bridgehead atoms. The van der Waals surface area contributed by atoms with Gasteiger partial charge < -0.3 is 9.64 Å². The zero-order valence-corrected chi connectivity index (χ0v) is 12.2. The molecule has 1 aliphatic heterocycles. The van der Waals surface area contributed by atoms with Gasteiger partial charge >= 0.3 is 0 Å². The molecule has 1 aromatic heterocycles. The molecule has 1 aromatic rings. The third-order valence-corrected chi connectivity index (χ3v) is 5.12. The Morgan fingerprint density at radius 2 is 2.15 bits per heavy atom.